The molecule has 1 fully saturated rings. The summed E-state index contributed by atoms with van der Waals surface area (Å²) in [6.07, 6.45) is 2.76. The second-order valence-corrected chi connectivity index (χ2v) is 8.83. The Labute approximate surface area is 144 Å². The predicted molar refractivity (Wildman–Crippen MR) is 94.0 cm³/mol. The normalized spacial score (nSPS) is 16.3. The van der Waals surface area contributed by atoms with Crippen molar-refractivity contribution in [2.75, 3.05) is 19.6 Å². The van der Waals surface area contributed by atoms with Crippen LogP contribution < -0.4 is 11.1 Å². The van der Waals surface area contributed by atoms with Gasteiger partial charge in [0.05, 0.1) is 4.90 Å². The number of nitrogens with zero attached hydrogens (tertiary/aromatic N) is 1. The van der Waals surface area contributed by atoms with E-state index in [1.807, 2.05) is 13.8 Å². The second kappa shape index (κ2) is 7.63. The predicted octanol–water partition coefficient (Wildman–Crippen LogP) is 1.26. The van der Waals surface area contributed by atoms with Gasteiger partial charge in [0.2, 0.25) is 15.9 Å². The van der Waals surface area contributed by atoms with E-state index >= 15 is 0 Å². The number of sulfonamides is 1. The number of hydrogen-bond donors (Lipinski definition) is 2. The molecule has 1 heterocycles. The first kappa shape index (κ1) is 18.9. The number of carbonyl (C=O) groups is 1. The standard InChI is InChI=1S/C17H27N3O3S/c1-17(2,13-18)19-16(21)10-7-14-5-8-15(9-6-14)24(22,23)20-11-3-4-12-20/h5-6,8-9H,3-4,7,10-13,18H2,1-2H3,(H,19,21). The molecular formula is C17H27N3O3S. The molecule has 3 N–H and O–H groups in total. The van der Waals surface area contributed by atoms with Crippen molar-refractivity contribution >= 4 is 15.9 Å². The number of benzene rings is 1. The van der Waals surface area contributed by atoms with Gasteiger partial charge < -0.3 is 11.1 Å². The fraction of sp³-hybridized carbons (Fsp3) is 0.588. The molecule has 0 spiro atoms. The molecule has 1 saturated heterocycles. The summed E-state index contributed by atoms with van der Waals surface area (Å²) < 4.78 is 26.4. The Morgan fingerprint density at radius 3 is 2.33 bits per heavy atom. The Bertz CT molecular complexity index is 663. The van der Waals surface area contributed by atoms with Gasteiger partial charge in [-0.1, -0.05) is 12.1 Å². The lowest BCUT2D eigenvalue weighted by Gasteiger charge is -2.24. The molecule has 0 atom stereocenters. The average Bonchev–Trinajstić information content (AvgIpc) is 3.08. The SMILES string of the molecule is CC(C)(CN)NC(=O)CCc1ccc(S(=O)(=O)N2CCCC2)cc1. The molecule has 0 radical (unpaired) electrons. The summed E-state index contributed by atoms with van der Waals surface area (Å²) in [7, 11) is -3.37. The highest BCUT2D eigenvalue weighted by atomic mass is 32.2. The van der Waals surface area contributed by atoms with Gasteiger partial charge in [-0.2, -0.15) is 4.31 Å². The molecule has 0 aliphatic carbocycles. The number of nitrogens with one attached hydrogen (secondary N) is 1. The number of carbonyl (C=O) groups excluding carboxylic acids is 1. The zero-order valence-electron chi connectivity index (χ0n) is 14.4. The van der Waals surface area contributed by atoms with Gasteiger partial charge in [-0.05, 0) is 50.8 Å². The number of hydrogen-bond acceptors (Lipinski definition) is 4. The first-order chi connectivity index (χ1) is 11.2. The van der Waals surface area contributed by atoms with Crippen LogP contribution in [0.2, 0.25) is 0 Å². The topological polar surface area (TPSA) is 92.5 Å². The molecule has 2 rings (SSSR count). The van der Waals surface area contributed by atoms with Gasteiger partial charge in [0.25, 0.3) is 0 Å². The molecule has 0 aromatic heterocycles. The average molecular weight is 353 g/mol. The van der Waals surface area contributed by atoms with E-state index in [0.717, 1.165) is 18.4 Å². The molecule has 0 saturated carbocycles. The van der Waals surface area contributed by atoms with Gasteiger partial charge in [-0.25, -0.2) is 8.42 Å². The van der Waals surface area contributed by atoms with E-state index in [9.17, 15) is 13.2 Å². The van der Waals surface area contributed by atoms with Gasteiger partial charge in [0.15, 0.2) is 0 Å². The maximum atomic E-state index is 12.5. The van der Waals surface area contributed by atoms with Crippen LogP contribution in [0.25, 0.3) is 0 Å². The van der Waals surface area contributed by atoms with Crippen LogP contribution in [0.5, 0.6) is 0 Å². The van der Waals surface area contributed by atoms with Crippen LogP contribution in [-0.2, 0) is 21.2 Å². The third-order valence-corrected chi connectivity index (χ3v) is 6.17. The minimum absolute atomic E-state index is 0.0563. The highest BCUT2D eigenvalue weighted by Crippen LogP contribution is 2.21. The Kier molecular flexibility index (Phi) is 6.01. The van der Waals surface area contributed by atoms with Crippen LogP contribution >= 0.6 is 0 Å². The molecule has 1 aromatic carbocycles. The summed E-state index contributed by atoms with van der Waals surface area (Å²) in [6, 6.07) is 6.82. The summed E-state index contributed by atoms with van der Waals surface area (Å²) >= 11 is 0. The van der Waals surface area contributed by atoms with Crippen LogP contribution in [0.15, 0.2) is 29.2 Å². The van der Waals surface area contributed by atoms with Crippen molar-refractivity contribution in [1.82, 2.24) is 9.62 Å². The number of rotatable bonds is 7. The van der Waals surface area contributed by atoms with E-state index in [-0.39, 0.29) is 5.91 Å². The van der Waals surface area contributed by atoms with Gasteiger partial charge >= 0.3 is 0 Å². The lowest BCUT2D eigenvalue weighted by molar-refractivity contribution is -0.122. The summed E-state index contributed by atoms with van der Waals surface area (Å²) in [5, 5.41) is 2.88. The van der Waals surface area contributed by atoms with Gasteiger partial charge in [0.1, 0.15) is 0 Å². The van der Waals surface area contributed by atoms with E-state index < -0.39 is 15.6 Å². The molecule has 134 valence electrons. The maximum Gasteiger partial charge on any atom is 0.243 e. The van der Waals surface area contributed by atoms with Crippen molar-refractivity contribution in [2.45, 2.75) is 50.0 Å². The Morgan fingerprint density at radius 2 is 1.79 bits per heavy atom. The van der Waals surface area contributed by atoms with Gasteiger partial charge in [-0.3, -0.25) is 4.79 Å². The quantitative estimate of drug-likeness (QED) is 0.772. The highest BCUT2D eigenvalue weighted by Gasteiger charge is 2.26. The fourth-order valence-corrected chi connectivity index (χ4v) is 4.17. The Morgan fingerprint density at radius 1 is 1.21 bits per heavy atom. The van der Waals surface area contributed by atoms with Crippen molar-refractivity contribution < 1.29 is 13.2 Å². The molecule has 7 heteroatoms. The highest BCUT2D eigenvalue weighted by molar-refractivity contribution is 7.89. The van der Waals surface area contributed by atoms with Gasteiger partial charge in [0, 0.05) is 31.6 Å². The summed E-state index contributed by atoms with van der Waals surface area (Å²) in [6.45, 7) is 5.33. The van der Waals surface area contributed by atoms with Crippen LogP contribution in [-0.4, -0.2) is 43.8 Å². The van der Waals surface area contributed by atoms with E-state index in [0.29, 0.717) is 37.4 Å². The zero-order chi connectivity index (χ0) is 17.8. The molecule has 1 aliphatic rings. The molecular weight excluding hydrogens is 326 g/mol. The Balaban J connectivity index is 1.94. The number of nitrogens with two attached hydrogens (primary N) is 1. The van der Waals surface area contributed by atoms with Crippen molar-refractivity contribution in [2.24, 2.45) is 5.73 Å². The first-order valence-electron chi connectivity index (χ1n) is 8.35. The zero-order valence-corrected chi connectivity index (χ0v) is 15.2. The number of amides is 1. The molecule has 1 aliphatic heterocycles. The van der Waals surface area contributed by atoms with Gasteiger partial charge in [-0.15, -0.1) is 0 Å². The van der Waals surface area contributed by atoms with E-state index in [1.165, 1.54) is 4.31 Å². The molecule has 1 aromatic rings. The third-order valence-electron chi connectivity index (χ3n) is 4.26. The monoisotopic (exact) mass is 353 g/mol. The smallest absolute Gasteiger partial charge is 0.243 e. The largest absolute Gasteiger partial charge is 0.350 e. The summed E-state index contributed by atoms with van der Waals surface area (Å²) in [4.78, 5) is 12.2. The van der Waals surface area contributed by atoms with E-state index in [4.69, 9.17) is 5.73 Å². The van der Waals surface area contributed by atoms with Crippen molar-refractivity contribution in [3.63, 3.8) is 0 Å². The minimum Gasteiger partial charge on any atom is -0.350 e. The lowest BCUT2D eigenvalue weighted by atomic mass is 10.0. The fourth-order valence-electron chi connectivity index (χ4n) is 2.65. The lowest BCUT2D eigenvalue weighted by Crippen LogP contribution is -2.48. The molecule has 1 amide bonds. The molecule has 24 heavy (non-hydrogen) atoms. The molecule has 0 unspecified atom stereocenters. The van der Waals surface area contributed by atoms with E-state index in [2.05, 4.69) is 5.32 Å². The first-order valence-corrected chi connectivity index (χ1v) is 9.79. The summed E-state index contributed by atoms with van der Waals surface area (Å²) in [5.41, 5.74) is 6.12. The minimum atomic E-state index is -3.37. The molecule has 0 bridgehead atoms. The third kappa shape index (κ3) is 4.78. The van der Waals surface area contributed by atoms with Crippen LogP contribution in [0.3, 0.4) is 0 Å². The second-order valence-electron chi connectivity index (χ2n) is 6.89. The summed E-state index contributed by atoms with van der Waals surface area (Å²) in [5.74, 6) is -0.0563. The number of aryl methyl sites for hydroxylation is 1. The van der Waals surface area contributed by atoms with Crippen molar-refractivity contribution in [3.8, 4) is 0 Å². The van der Waals surface area contributed by atoms with Crippen molar-refractivity contribution in [3.05, 3.63) is 29.8 Å². The van der Waals surface area contributed by atoms with Crippen LogP contribution in [0, 0.1) is 0 Å². The van der Waals surface area contributed by atoms with Crippen molar-refractivity contribution in [1.29, 1.82) is 0 Å². The van der Waals surface area contributed by atoms with E-state index in [1.54, 1.807) is 24.3 Å². The molecule has 6 nitrogen and oxygen atoms in total. The maximum absolute atomic E-state index is 12.5. The Hall–Kier alpha value is -1.44. The van der Waals surface area contributed by atoms with Crippen LogP contribution in [0.4, 0.5) is 0 Å². The van der Waals surface area contributed by atoms with Crippen LogP contribution in [0.1, 0.15) is 38.7 Å².